The number of likely N-dealkylation sites (tertiary alicyclic amines) is 1. The van der Waals surface area contributed by atoms with Crippen molar-refractivity contribution in [2.75, 3.05) is 19.6 Å². The first-order valence-electron chi connectivity index (χ1n) is 11.5. The number of urea groups is 1. The van der Waals surface area contributed by atoms with Gasteiger partial charge in [0.2, 0.25) is 0 Å². The van der Waals surface area contributed by atoms with Crippen LogP contribution in [0, 0.1) is 23.7 Å². The zero-order valence-corrected chi connectivity index (χ0v) is 16.9. The van der Waals surface area contributed by atoms with Crippen LogP contribution in [0.15, 0.2) is 24.3 Å². The molecule has 0 unspecified atom stereocenters. The first-order valence-corrected chi connectivity index (χ1v) is 11.5. The number of nitrogens with zero attached hydrogens (tertiary/aromatic N) is 2. The van der Waals surface area contributed by atoms with Crippen molar-refractivity contribution in [3.8, 4) is 0 Å². The maximum atomic E-state index is 11.7. The van der Waals surface area contributed by atoms with Crippen LogP contribution in [-0.4, -0.2) is 41.5 Å². The van der Waals surface area contributed by atoms with Crippen molar-refractivity contribution < 1.29 is 4.79 Å². The fourth-order valence-corrected chi connectivity index (χ4v) is 8.21. The van der Waals surface area contributed by atoms with Crippen LogP contribution in [0.2, 0.25) is 0 Å². The zero-order chi connectivity index (χ0) is 18.9. The van der Waals surface area contributed by atoms with Crippen LogP contribution in [0.1, 0.15) is 56.1 Å². The molecule has 150 valence electrons. The van der Waals surface area contributed by atoms with Crippen LogP contribution in [-0.2, 0) is 12.0 Å². The Labute approximate surface area is 168 Å². The largest absolute Gasteiger partial charge is 0.351 e. The number of nitrogens with two attached hydrogens (primary N) is 1. The first-order chi connectivity index (χ1) is 13.6. The zero-order valence-electron chi connectivity index (χ0n) is 16.9. The summed E-state index contributed by atoms with van der Waals surface area (Å²) < 4.78 is 0. The fraction of sp³-hybridized carbons (Fsp3) is 0.708. The summed E-state index contributed by atoms with van der Waals surface area (Å²) in [6.45, 7) is 3.92. The summed E-state index contributed by atoms with van der Waals surface area (Å²) in [5.41, 5.74) is 8.88. The summed E-state index contributed by atoms with van der Waals surface area (Å²) in [5.74, 6) is 3.93. The molecule has 1 spiro atoms. The van der Waals surface area contributed by atoms with Crippen molar-refractivity contribution in [1.29, 1.82) is 0 Å². The molecule has 6 aliphatic rings. The molecule has 28 heavy (non-hydrogen) atoms. The molecular formula is C24H33N3O. The molecule has 4 saturated carbocycles. The van der Waals surface area contributed by atoms with Crippen LogP contribution >= 0.6 is 0 Å². The predicted molar refractivity (Wildman–Crippen MR) is 110 cm³/mol. The molecule has 2 N–H and O–H groups in total. The highest BCUT2D eigenvalue weighted by atomic mass is 16.2. The van der Waals surface area contributed by atoms with Gasteiger partial charge in [-0.25, -0.2) is 4.79 Å². The second-order valence-corrected chi connectivity index (χ2v) is 10.6. The maximum absolute atomic E-state index is 11.7. The minimum atomic E-state index is -0.253. The van der Waals surface area contributed by atoms with Gasteiger partial charge in [-0.05, 0) is 79.7 Å². The first kappa shape index (κ1) is 17.3. The van der Waals surface area contributed by atoms with Crippen LogP contribution in [0.4, 0.5) is 4.79 Å². The van der Waals surface area contributed by atoms with E-state index in [1.165, 1.54) is 44.2 Å². The van der Waals surface area contributed by atoms with E-state index in [0.29, 0.717) is 0 Å². The SMILES string of the molecule is NC(=O)N1CCC2(CC1)CN(C1C3CC4CC(C3)CC1C4)Cc1ccccc12. The van der Waals surface area contributed by atoms with Crippen LogP contribution in [0.5, 0.6) is 0 Å². The normalized spacial score (nSPS) is 38.6. The van der Waals surface area contributed by atoms with E-state index in [4.69, 9.17) is 5.73 Å². The average molecular weight is 380 g/mol. The Hall–Kier alpha value is -1.55. The maximum Gasteiger partial charge on any atom is 0.314 e. The molecule has 4 heteroatoms. The van der Waals surface area contributed by atoms with Gasteiger partial charge in [0.25, 0.3) is 0 Å². The van der Waals surface area contributed by atoms with Gasteiger partial charge in [-0.1, -0.05) is 24.3 Å². The van der Waals surface area contributed by atoms with Crippen molar-refractivity contribution in [2.24, 2.45) is 29.4 Å². The lowest BCUT2D eigenvalue weighted by molar-refractivity contribution is -0.0801. The van der Waals surface area contributed by atoms with E-state index in [0.717, 1.165) is 62.2 Å². The minimum absolute atomic E-state index is 0.204. The number of carbonyl (C=O) groups excluding carboxylic acids is 1. The molecule has 4 nitrogen and oxygen atoms in total. The number of primary amides is 1. The summed E-state index contributed by atoms with van der Waals surface area (Å²) in [4.78, 5) is 16.4. The van der Waals surface area contributed by atoms with Gasteiger partial charge in [0, 0.05) is 37.6 Å². The number of amides is 2. The molecule has 1 saturated heterocycles. The molecule has 0 atom stereocenters. The summed E-state index contributed by atoms with van der Waals surface area (Å²) in [6.07, 6.45) is 9.57. The third kappa shape index (κ3) is 2.56. The minimum Gasteiger partial charge on any atom is -0.351 e. The summed E-state index contributed by atoms with van der Waals surface area (Å²) >= 11 is 0. The van der Waals surface area contributed by atoms with Crippen LogP contribution in [0.25, 0.3) is 0 Å². The van der Waals surface area contributed by atoms with E-state index in [9.17, 15) is 4.79 Å². The van der Waals surface area contributed by atoms with Crippen LogP contribution < -0.4 is 5.73 Å². The molecule has 0 aromatic heterocycles. The Kier molecular flexibility index (Phi) is 3.85. The Bertz CT molecular complexity index is 754. The van der Waals surface area contributed by atoms with Gasteiger partial charge in [0.1, 0.15) is 0 Å². The molecule has 1 aromatic rings. The van der Waals surface area contributed by atoms with E-state index < -0.39 is 0 Å². The van der Waals surface area contributed by atoms with Gasteiger partial charge in [-0.2, -0.15) is 0 Å². The van der Waals surface area contributed by atoms with Gasteiger partial charge in [0.15, 0.2) is 0 Å². The van der Waals surface area contributed by atoms with E-state index in [1.54, 1.807) is 5.56 Å². The summed E-state index contributed by atoms with van der Waals surface area (Å²) in [6, 6.07) is 9.69. The van der Waals surface area contributed by atoms with Crippen molar-refractivity contribution in [1.82, 2.24) is 9.80 Å². The number of hydrogen-bond donors (Lipinski definition) is 1. The predicted octanol–water partition coefficient (Wildman–Crippen LogP) is 3.74. The molecular weight excluding hydrogens is 346 g/mol. The molecule has 5 fully saturated rings. The molecule has 4 aliphatic carbocycles. The van der Waals surface area contributed by atoms with Crippen molar-refractivity contribution >= 4 is 6.03 Å². The van der Waals surface area contributed by atoms with E-state index in [-0.39, 0.29) is 11.4 Å². The molecule has 0 radical (unpaired) electrons. The Morgan fingerprint density at radius 2 is 1.61 bits per heavy atom. The van der Waals surface area contributed by atoms with Crippen molar-refractivity contribution in [3.63, 3.8) is 0 Å². The topological polar surface area (TPSA) is 49.6 Å². The smallest absolute Gasteiger partial charge is 0.314 e. The molecule has 7 rings (SSSR count). The lowest BCUT2D eigenvalue weighted by Crippen LogP contribution is -2.61. The Balaban J connectivity index is 1.32. The van der Waals surface area contributed by atoms with Gasteiger partial charge >= 0.3 is 6.03 Å². The quantitative estimate of drug-likeness (QED) is 0.808. The molecule has 2 aliphatic heterocycles. The number of hydrogen-bond acceptors (Lipinski definition) is 2. The third-order valence-electron chi connectivity index (χ3n) is 9.10. The van der Waals surface area contributed by atoms with Crippen molar-refractivity contribution in [3.05, 3.63) is 35.4 Å². The van der Waals surface area contributed by atoms with E-state index in [1.807, 2.05) is 4.90 Å². The highest BCUT2D eigenvalue weighted by Crippen LogP contribution is 2.56. The third-order valence-corrected chi connectivity index (χ3v) is 9.10. The number of rotatable bonds is 1. The number of piperidine rings is 1. The Morgan fingerprint density at radius 3 is 2.25 bits per heavy atom. The average Bonchev–Trinajstić information content (AvgIpc) is 2.68. The summed E-state index contributed by atoms with van der Waals surface area (Å²) in [7, 11) is 0. The van der Waals surface area contributed by atoms with Gasteiger partial charge in [-0.15, -0.1) is 0 Å². The van der Waals surface area contributed by atoms with E-state index >= 15 is 0 Å². The van der Waals surface area contributed by atoms with Crippen molar-refractivity contribution in [2.45, 2.75) is 62.9 Å². The molecule has 2 heterocycles. The van der Waals surface area contributed by atoms with Gasteiger partial charge < -0.3 is 10.6 Å². The standard InChI is InChI=1S/C24H33N3O/c25-23(28)26-7-5-24(6-8-26)15-27(14-18-3-1-2-4-21(18)24)22-19-10-16-9-17(12-19)13-20(22)11-16/h1-4,16-17,19-20,22H,5-15H2,(H2,25,28). The highest BCUT2D eigenvalue weighted by Gasteiger charge is 2.52. The molecule has 4 bridgehead atoms. The summed E-state index contributed by atoms with van der Waals surface area (Å²) in [5, 5.41) is 0. The lowest BCUT2D eigenvalue weighted by Gasteiger charge is -2.60. The second-order valence-electron chi connectivity index (χ2n) is 10.6. The monoisotopic (exact) mass is 379 g/mol. The molecule has 1 aromatic carbocycles. The lowest BCUT2D eigenvalue weighted by atomic mass is 9.53. The highest BCUT2D eigenvalue weighted by molar-refractivity contribution is 5.72. The fourth-order valence-electron chi connectivity index (χ4n) is 8.21. The van der Waals surface area contributed by atoms with Gasteiger partial charge in [-0.3, -0.25) is 4.90 Å². The number of carbonyl (C=O) groups is 1. The van der Waals surface area contributed by atoms with Crippen LogP contribution in [0.3, 0.4) is 0 Å². The van der Waals surface area contributed by atoms with E-state index in [2.05, 4.69) is 29.2 Å². The number of fused-ring (bicyclic) bond motifs is 2. The molecule has 2 amide bonds. The Morgan fingerprint density at radius 1 is 0.964 bits per heavy atom. The second kappa shape index (κ2) is 6.22. The number of benzene rings is 1. The van der Waals surface area contributed by atoms with Gasteiger partial charge in [0.05, 0.1) is 0 Å².